The van der Waals surface area contributed by atoms with Gasteiger partial charge in [-0.25, -0.2) is 14.2 Å². The topological polar surface area (TPSA) is 108 Å². The van der Waals surface area contributed by atoms with Crippen molar-refractivity contribution in [3.05, 3.63) is 65.2 Å². The SMILES string of the molecule is CCCCOC(=O)c1ccccc1C(=O)OCCCC.CCCCOP(=O)(O)Oc1ccccc1C. The number of unbranched alkanes of at least 4 members (excludes halogenated alkanes) is 3. The molecule has 0 saturated carbocycles. The van der Waals surface area contributed by atoms with Gasteiger partial charge in [0.15, 0.2) is 0 Å². The van der Waals surface area contributed by atoms with Crippen LogP contribution in [0.25, 0.3) is 0 Å². The van der Waals surface area contributed by atoms with Crippen LogP contribution in [0.15, 0.2) is 48.5 Å². The van der Waals surface area contributed by atoms with Crippen LogP contribution < -0.4 is 4.52 Å². The summed E-state index contributed by atoms with van der Waals surface area (Å²) in [5.41, 5.74) is 1.34. The van der Waals surface area contributed by atoms with Gasteiger partial charge in [-0.3, -0.25) is 9.42 Å². The molecule has 9 heteroatoms. The number of phosphoric ester groups is 1. The van der Waals surface area contributed by atoms with Crippen LogP contribution in [0.3, 0.4) is 0 Å². The minimum atomic E-state index is -3.97. The van der Waals surface area contributed by atoms with Gasteiger partial charge in [0.25, 0.3) is 0 Å². The molecule has 0 aliphatic rings. The Morgan fingerprint density at radius 3 is 1.67 bits per heavy atom. The third kappa shape index (κ3) is 12.3. The normalized spacial score (nSPS) is 12.0. The van der Waals surface area contributed by atoms with Crippen LogP contribution in [0.2, 0.25) is 0 Å². The lowest BCUT2D eigenvalue weighted by Crippen LogP contribution is -2.14. The first-order valence-electron chi connectivity index (χ1n) is 12.4. The van der Waals surface area contributed by atoms with E-state index in [-0.39, 0.29) is 17.7 Å². The molecular weight excluding hydrogens is 483 g/mol. The number of para-hydroxylation sites is 1. The van der Waals surface area contributed by atoms with Crippen LogP contribution >= 0.6 is 7.82 Å². The van der Waals surface area contributed by atoms with Gasteiger partial charge in [-0.2, -0.15) is 0 Å². The number of benzene rings is 2. The molecule has 0 aliphatic carbocycles. The Kier molecular flexibility index (Phi) is 15.4. The first-order chi connectivity index (χ1) is 17.3. The zero-order chi connectivity index (χ0) is 26.8. The maximum Gasteiger partial charge on any atom is 0.527 e. The number of ether oxygens (including phenoxy) is 2. The van der Waals surface area contributed by atoms with Gasteiger partial charge in [-0.15, -0.1) is 0 Å². The first-order valence-corrected chi connectivity index (χ1v) is 13.9. The Balaban J connectivity index is 0.000000369. The summed E-state index contributed by atoms with van der Waals surface area (Å²) < 4.78 is 31.6. The third-order valence-electron chi connectivity index (χ3n) is 4.89. The first kappa shape index (κ1) is 31.4. The Morgan fingerprint density at radius 2 is 1.19 bits per heavy atom. The zero-order valence-corrected chi connectivity index (χ0v) is 22.6. The number of hydrogen-bond donors (Lipinski definition) is 1. The van der Waals surface area contributed by atoms with Gasteiger partial charge in [0.1, 0.15) is 5.75 Å². The lowest BCUT2D eigenvalue weighted by molar-refractivity contribution is 0.0452. The standard InChI is InChI=1S/C16H22O4.C11H17O4P/c1-3-5-11-19-15(17)13-9-7-8-10-14(13)16(18)20-12-6-4-2;1-3-4-9-14-16(12,13)15-11-8-6-5-7-10(11)2/h7-10H,3-6,11-12H2,1-2H3;5-8H,3-4,9H2,1-2H3,(H,12,13). The molecule has 0 saturated heterocycles. The summed E-state index contributed by atoms with van der Waals surface area (Å²) in [5, 5.41) is 0. The largest absolute Gasteiger partial charge is 0.527 e. The van der Waals surface area contributed by atoms with Crippen LogP contribution in [0.4, 0.5) is 0 Å². The molecule has 0 aliphatic heterocycles. The molecule has 0 spiro atoms. The van der Waals surface area contributed by atoms with Crippen molar-refractivity contribution in [1.29, 1.82) is 0 Å². The van der Waals surface area contributed by atoms with Gasteiger partial charge >= 0.3 is 19.8 Å². The average molecular weight is 523 g/mol. The lowest BCUT2D eigenvalue weighted by atomic mass is 10.1. The summed E-state index contributed by atoms with van der Waals surface area (Å²) in [6, 6.07) is 13.6. The monoisotopic (exact) mass is 522 g/mol. The van der Waals surface area contributed by atoms with E-state index in [0.717, 1.165) is 44.1 Å². The van der Waals surface area contributed by atoms with Crippen molar-refractivity contribution < 1.29 is 37.6 Å². The van der Waals surface area contributed by atoms with Crippen LogP contribution in [-0.2, 0) is 18.6 Å². The number of carbonyl (C=O) groups excluding carboxylic acids is 2. The van der Waals surface area contributed by atoms with E-state index in [1.807, 2.05) is 26.8 Å². The average Bonchev–Trinajstić information content (AvgIpc) is 2.86. The molecule has 1 atom stereocenters. The Bertz CT molecular complexity index is 935. The van der Waals surface area contributed by atoms with Crippen LogP contribution in [0.1, 0.15) is 85.6 Å². The molecule has 200 valence electrons. The molecule has 0 aromatic heterocycles. The maximum atomic E-state index is 11.9. The highest BCUT2D eigenvalue weighted by Gasteiger charge is 2.23. The van der Waals surface area contributed by atoms with Crippen molar-refractivity contribution in [2.24, 2.45) is 0 Å². The Morgan fingerprint density at radius 1 is 0.750 bits per heavy atom. The van der Waals surface area contributed by atoms with Gasteiger partial charge < -0.3 is 14.0 Å². The Hall–Kier alpha value is -2.67. The van der Waals surface area contributed by atoms with E-state index in [4.69, 9.17) is 18.5 Å². The predicted octanol–water partition coefficient (Wildman–Crippen LogP) is 6.89. The van der Waals surface area contributed by atoms with E-state index in [0.29, 0.717) is 19.0 Å². The number of aryl methyl sites for hydroxylation is 1. The molecular formula is C27H39O8P. The highest BCUT2D eigenvalue weighted by molar-refractivity contribution is 7.47. The van der Waals surface area contributed by atoms with E-state index in [1.54, 1.807) is 49.4 Å². The second-order valence-corrected chi connectivity index (χ2v) is 9.41. The number of phosphoric acid groups is 1. The quantitative estimate of drug-likeness (QED) is 0.162. The van der Waals surface area contributed by atoms with Gasteiger partial charge in [0.05, 0.1) is 30.9 Å². The minimum Gasteiger partial charge on any atom is -0.462 e. The Labute approximate surface area is 214 Å². The number of hydrogen-bond acceptors (Lipinski definition) is 7. The molecule has 8 nitrogen and oxygen atoms in total. The fourth-order valence-electron chi connectivity index (χ4n) is 2.75. The third-order valence-corrected chi connectivity index (χ3v) is 5.82. The molecule has 36 heavy (non-hydrogen) atoms. The summed E-state index contributed by atoms with van der Waals surface area (Å²) in [6.07, 6.45) is 5.18. The van der Waals surface area contributed by atoms with Crippen molar-refractivity contribution >= 4 is 19.8 Å². The summed E-state index contributed by atoms with van der Waals surface area (Å²) in [4.78, 5) is 33.3. The number of esters is 2. The highest BCUT2D eigenvalue weighted by Crippen LogP contribution is 2.44. The summed E-state index contributed by atoms with van der Waals surface area (Å²) in [5.74, 6) is -0.562. The lowest BCUT2D eigenvalue weighted by Gasteiger charge is -2.14. The number of carbonyl (C=O) groups is 2. The summed E-state index contributed by atoms with van der Waals surface area (Å²) >= 11 is 0. The zero-order valence-electron chi connectivity index (χ0n) is 21.7. The fraction of sp³-hybridized carbons (Fsp3) is 0.481. The van der Waals surface area contributed by atoms with Crippen molar-refractivity contribution in [2.45, 2.75) is 66.2 Å². The van der Waals surface area contributed by atoms with Crippen LogP contribution in [-0.4, -0.2) is 36.7 Å². The molecule has 2 aromatic rings. The molecule has 1 N–H and O–H groups in total. The van der Waals surface area contributed by atoms with E-state index >= 15 is 0 Å². The second kappa shape index (κ2) is 17.7. The van der Waals surface area contributed by atoms with Crippen molar-refractivity contribution in [3.63, 3.8) is 0 Å². The second-order valence-electron chi connectivity index (χ2n) is 8.04. The van der Waals surface area contributed by atoms with E-state index < -0.39 is 19.8 Å². The minimum absolute atomic E-state index is 0.232. The fourth-order valence-corrected chi connectivity index (χ4v) is 3.61. The van der Waals surface area contributed by atoms with Crippen LogP contribution in [0.5, 0.6) is 5.75 Å². The molecule has 0 fully saturated rings. The predicted molar refractivity (Wildman–Crippen MR) is 139 cm³/mol. The van der Waals surface area contributed by atoms with Gasteiger partial charge in [-0.1, -0.05) is 70.4 Å². The van der Waals surface area contributed by atoms with E-state index in [1.165, 1.54) is 0 Å². The van der Waals surface area contributed by atoms with Crippen molar-refractivity contribution in [1.82, 2.24) is 0 Å². The number of rotatable bonds is 14. The summed E-state index contributed by atoms with van der Waals surface area (Å²) in [6.45, 7) is 8.80. The maximum absolute atomic E-state index is 11.9. The molecule has 0 heterocycles. The smallest absolute Gasteiger partial charge is 0.462 e. The van der Waals surface area contributed by atoms with Crippen molar-refractivity contribution in [3.8, 4) is 5.75 Å². The molecule has 2 aromatic carbocycles. The molecule has 0 bridgehead atoms. The highest BCUT2D eigenvalue weighted by atomic mass is 31.2. The van der Waals surface area contributed by atoms with Crippen LogP contribution in [0, 0.1) is 6.92 Å². The molecule has 0 amide bonds. The molecule has 1 unspecified atom stereocenters. The summed E-state index contributed by atoms with van der Waals surface area (Å²) in [7, 11) is -3.97. The van der Waals surface area contributed by atoms with Gasteiger partial charge in [-0.05, 0) is 49.9 Å². The van der Waals surface area contributed by atoms with E-state index in [2.05, 4.69) is 0 Å². The molecule has 0 radical (unpaired) electrons. The van der Waals surface area contributed by atoms with E-state index in [9.17, 15) is 19.0 Å². The molecule has 2 rings (SSSR count). The van der Waals surface area contributed by atoms with Gasteiger partial charge in [0.2, 0.25) is 0 Å². The van der Waals surface area contributed by atoms with Crippen molar-refractivity contribution in [2.75, 3.05) is 19.8 Å². The van der Waals surface area contributed by atoms with Gasteiger partial charge in [0, 0.05) is 0 Å².